The van der Waals surface area contributed by atoms with Gasteiger partial charge in [0.2, 0.25) is 0 Å². The Morgan fingerprint density at radius 3 is 2.34 bits per heavy atom. The van der Waals surface area contributed by atoms with Gasteiger partial charge in [-0.25, -0.2) is 0 Å². The average Bonchev–Trinajstić information content (AvgIpc) is 2.91. The quantitative estimate of drug-likeness (QED) is 0.294. The molecule has 0 aliphatic rings. The molecule has 0 fully saturated rings. The lowest BCUT2D eigenvalue weighted by Crippen LogP contribution is -2.32. The molecule has 5 heteroatoms. The van der Waals surface area contributed by atoms with Crippen LogP contribution in [-0.2, 0) is 19.6 Å². The van der Waals surface area contributed by atoms with Crippen LogP contribution in [0.1, 0.15) is 32.7 Å². The minimum Gasteiger partial charge on any atom is -0.493 e. The van der Waals surface area contributed by atoms with Crippen molar-refractivity contribution in [1.29, 1.82) is 0 Å². The summed E-state index contributed by atoms with van der Waals surface area (Å²) in [5.74, 6) is 1.31. The molecule has 1 heterocycles. The average molecular weight is 467 g/mol. The molecule has 0 N–H and O–H groups in total. The fourth-order valence-electron chi connectivity index (χ4n) is 3.81. The van der Waals surface area contributed by atoms with Gasteiger partial charge in [0.15, 0.2) is 11.5 Å². The van der Waals surface area contributed by atoms with Crippen LogP contribution in [0.25, 0.3) is 0 Å². The van der Waals surface area contributed by atoms with E-state index in [4.69, 9.17) is 9.47 Å². The maximum atomic E-state index is 13.4. The molecule has 0 radical (unpaired) electrons. The third-order valence-electron chi connectivity index (χ3n) is 5.79. The smallest absolute Gasteiger partial charge is 0.254 e. The maximum absolute atomic E-state index is 13.4. The first kappa shape index (κ1) is 24.0. The highest BCUT2D eigenvalue weighted by Gasteiger charge is 2.18. The van der Waals surface area contributed by atoms with Crippen molar-refractivity contribution in [3.63, 3.8) is 0 Å². The summed E-state index contributed by atoms with van der Waals surface area (Å²) in [6.45, 7) is 3.48. The lowest BCUT2D eigenvalue weighted by molar-refractivity contribution is 0.0744. The van der Waals surface area contributed by atoms with Crippen molar-refractivity contribution in [3.05, 3.63) is 125 Å². The van der Waals surface area contributed by atoms with E-state index >= 15 is 0 Å². The zero-order chi connectivity index (χ0) is 24.5. The molecule has 35 heavy (non-hydrogen) atoms. The molecule has 0 unspecified atom stereocenters. The number of benzene rings is 3. The van der Waals surface area contributed by atoms with Crippen LogP contribution < -0.4 is 9.47 Å². The van der Waals surface area contributed by atoms with Crippen LogP contribution >= 0.6 is 0 Å². The third kappa shape index (κ3) is 6.70. The standard InChI is InChI=1S/C30H30N2O3/c1-23-11-14-26(15-12-23)30(33)32(19-17-27-10-6-7-18-31-27)21-25-13-16-28(29(20-25)34-2)35-22-24-8-4-3-5-9-24/h3-16,18,20H,17,19,21-22H2,1-2H3. The number of aromatic nitrogens is 1. The minimum atomic E-state index is -0.00991. The fourth-order valence-corrected chi connectivity index (χ4v) is 3.81. The van der Waals surface area contributed by atoms with Gasteiger partial charge in [0.1, 0.15) is 6.61 Å². The zero-order valence-electron chi connectivity index (χ0n) is 20.2. The first-order valence-electron chi connectivity index (χ1n) is 11.7. The minimum absolute atomic E-state index is 0.00991. The first-order valence-corrected chi connectivity index (χ1v) is 11.7. The number of pyridine rings is 1. The Morgan fingerprint density at radius 2 is 1.63 bits per heavy atom. The summed E-state index contributed by atoms with van der Waals surface area (Å²) >= 11 is 0. The van der Waals surface area contributed by atoms with Gasteiger partial charge in [-0.15, -0.1) is 0 Å². The van der Waals surface area contributed by atoms with Crippen molar-refractivity contribution in [2.75, 3.05) is 13.7 Å². The van der Waals surface area contributed by atoms with Gasteiger partial charge < -0.3 is 14.4 Å². The molecule has 4 rings (SSSR count). The molecule has 1 aromatic heterocycles. The lowest BCUT2D eigenvalue weighted by atomic mass is 10.1. The zero-order valence-corrected chi connectivity index (χ0v) is 20.2. The summed E-state index contributed by atoms with van der Waals surface area (Å²) < 4.78 is 11.6. The summed E-state index contributed by atoms with van der Waals surface area (Å²) in [7, 11) is 1.63. The number of hydrogen-bond donors (Lipinski definition) is 0. The van der Waals surface area contributed by atoms with Crippen molar-refractivity contribution < 1.29 is 14.3 Å². The second-order valence-corrected chi connectivity index (χ2v) is 8.42. The Bertz CT molecular complexity index is 1230. The van der Waals surface area contributed by atoms with Crippen LogP contribution in [0.4, 0.5) is 0 Å². The molecule has 3 aromatic carbocycles. The summed E-state index contributed by atoms with van der Waals surface area (Å²) in [4.78, 5) is 19.7. The Kier molecular flexibility index (Phi) is 8.12. The topological polar surface area (TPSA) is 51.7 Å². The number of carbonyl (C=O) groups is 1. The van der Waals surface area contributed by atoms with Crippen molar-refractivity contribution in [2.24, 2.45) is 0 Å². The Labute approximate surface area is 207 Å². The molecular formula is C30H30N2O3. The van der Waals surface area contributed by atoms with Gasteiger partial charge in [0.25, 0.3) is 5.91 Å². The molecule has 0 aliphatic carbocycles. The summed E-state index contributed by atoms with van der Waals surface area (Å²) in [6.07, 6.45) is 2.45. The Hall–Kier alpha value is -4.12. The molecule has 0 spiro atoms. The molecule has 0 bridgehead atoms. The summed E-state index contributed by atoms with van der Waals surface area (Å²) in [6, 6.07) is 29.4. The highest BCUT2D eigenvalue weighted by molar-refractivity contribution is 5.94. The van der Waals surface area contributed by atoms with E-state index in [-0.39, 0.29) is 5.91 Å². The van der Waals surface area contributed by atoms with E-state index < -0.39 is 0 Å². The summed E-state index contributed by atoms with van der Waals surface area (Å²) in [5, 5.41) is 0. The van der Waals surface area contributed by atoms with E-state index in [0.29, 0.717) is 43.2 Å². The number of methoxy groups -OCH3 is 1. The highest BCUT2D eigenvalue weighted by Crippen LogP contribution is 2.29. The predicted octanol–water partition coefficient (Wildman–Crippen LogP) is 5.86. The van der Waals surface area contributed by atoms with Crippen LogP contribution in [0.5, 0.6) is 11.5 Å². The molecule has 0 aliphatic heterocycles. The van der Waals surface area contributed by atoms with Crippen LogP contribution in [0.2, 0.25) is 0 Å². The molecular weight excluding hydrogens is 436 g/mol. The van der Waals surface area contributed by atoms with Gasteiger partial charge in [-0.05, 0) is 54.4 Å². The van der Waals surface area contributed by atoms with Crippen molar-refractivity contribution in [1.82, 2.24) is 9.88 Å². The van der Waals surface area contributed by atoms with E-state index in [2.05, 4.69) is 4.98 Å². The Balaban J connectivity index is 1.51. The molecule has 178 valence electrons. The lowest BCUT2D eigenvalue weighted by Gasteiger charge is -2.24. The van der Waals surface area contributed by atoms with Crippen LogP contribution in [0, 0.1) is 6.92 Å². The van der Waals surface area contributed by atoms with Crippen molar-refractivity contribution >= 4 is 5.91 Å². The van der Waals surface area contributed by atoms with E-state index in [1.54, 1.807) is 13.3 Å². The maximum Gasteiger partial charge on any atom is 0.254 e. The first-order chi connectivity index (χ1) is 17.1. The van der Waals surface area contributed by atoms with Crippen LogP contribution in [-0.4, -0.2) is 29.4 Å². The van der Waals surface area contributed by atoms with Crippen molar-refractivity contribution in [3.8, 4) is 11.5 Å². The van der Waals surface area contributed by atoms with Gasteiger partial charge in [0.05, 0.1) is 7.11 Å². The molecule has 0 saturated heterocycles. The molecule has 5 nitrogen and oxygen atoms in total. The summed E-state index contributed by atoms with van der Waals surface area (Å²) in [5.41, 5.74) is 4.80. The van der Waals surface area contributed by atoms with Crippen LogP contribution in [0.15, 0.2) is 97.2 Å². The number of aryl methyl sites for hydroxylation is 1. The van der Waals surface area contributed by atoms with Crippen LogP contribution in [0.3, 0.4) is 0 Å². The molecule has 4 aromatic rings. The number of carbonyl (C=O) groups excluding carboxylic acids is 1. The molecule has 1 amide bonds. The largest absolute Gasteiger partial charge is 0.493 e. The molecule has 0 saturated carbocycles. The fraction of sp³-hybridized carbons (Fsp3) is 0.200. The number of nitrogens with zero attached hydrogens (tertiary/aromatic N) is 2. The van der Waals surface area contributed by atoms with Gasteiger partial charge in [-0.2, -0.15) is 0 Å². The second kappa shape index (κ2) is 11.8. The van der Waals surface area contributed by atoms with E-state index in [0.717, 1.165) is 22.4 Å². The predicted molar refractivity (Wildman–Crippen MR) is 138 cm³/mol. The van der Waals surface area contributed by atoms with Gasteiger partial charge >= 0.3 is 0 Å². The van der Waals surface area contributed by atoms with E-state index in [9.17, 15) is 4.79 Å². The van der Waals surface area contributed by atoms with E-state index in [1.807, 2.05) is 103 Å². The number of amides is 1. The number of rotatable bonds is 10. The van der Waals surface area contributed by atoms with Gasteiger partial charge in [0, 0.05) is 37.0 Å². The number of ether oxygens (including phenoxy) is 2. The third-order valence-corrected chi connectivity index (χ3v) is 5.79. The number of hydrogen-bond acceptors (Lipinski definition) is 4. The SMILES string of the molecule is COc1cc(CN(CCc2ccccn2)C(=O)c2ccc(C)cc2)ccc1OCc1ccccc1. The van der Waals surface area contributed by atoms with E-state index in [1.165, 1.54) is 0 Å². The Morgan fingerprint density at radius 1 is 0.857 bits per heavy atom. The monoisotopic (exact) mass is 466 g/mol. The normalized spacial score (nSPS) is 10.6. The molecule has 0 atom stereocenters. The highest BCUT2D eigenvalue weighted by atomic mass is 16.5. The van der Waals surface area contributed by atoms with Crippen molar-refractivity contribution in [2.45, 2.75) is 26.5 Å². The second-order valence-electron chi connectivity index (χ2n) is 8.42. The van der Waals surface area contributed by atoms with Gasteiger partial charge in [-0.1, -0.05) is 60.2 Å². The van der Waals surface area contributed by atoms with Gasteiger partial charge in [-0.3, -0.25) is 9.78 Å².